The predicted octanol–water partition coefficient (Wildman–Crippen LogP) is 3.45. The third-order valence-corrected chi connectivity index (χ3v) is 5.77. The first-order valence-electron chi connectivity index (χ1n) is 10.2. The molecule has 7 nitrogen and oxygen atoms in total. The molecule has 30 heavy (non-hydrogen) atoms. The fourth-order valence-corrected chi connectivity index (χ4v) is 4.17. The lowest BCUT2D eigenvalue weighted by atomic mass is 9.96. The lowest BCUT2D eigenvalue weighted by Crippen LogP contribution is -2.39. The number of carbonyl (C=O) groups excluding carboxylic acids is 1. The molecule has 2 amide bonds. The number of rotatable bonds is 4. The molecule has 1 N–H and O–H groups in total. The molecule has 5 rings (SSSR count). The molecule has 152 valence electrons. The zero-order chi connectivity index (χ0) is 20.8. The number of hydrogen-bond donors (Lipinski definition) is 1. The van der Waals surface area contributed by atoms with Crippen molar-refractivity contribution in [1.82, 2.24) is 19.8 Å². The minimum Gasteiger partial charge on any atom is -0.334 e. The van der Waals surface area contributed by atoms with Crippen LogP contribution in [0.3, 0.4) is 0 Å². The first kappa shape index (κ1) is 18.5. The van der Waals surface area contributed by atoms with E-state index >= 15 is 0 Å². The smallest absolute Gasteiger partial charge is 0.320 e. The van der Waals surface area contributed by atoms with Crippen LogP contribution in [-0.2, 0) is 13.6 Å². The summed E-state index contributed by atoms with van der Waals surface area (Å²) in [5, 5.41) is 2.99. The van der Waals surface area contributed by atoms with E-state index in [1.165, 1.54) is 5.56 Å². The predicted molar refractivity (Wildman–Crippen MR) is 118 cm³/mol. The summed E-state index contributed by atoms with van der Waals surface area (Å²) >= 11 is 0. The molecule has 0 bridgehead atoms. The van der Waals surface area contributed by atoms with Gasteiger partial charge in [0, 0.05) is 25.4 Å². The molecule has 3 heterocycles. The highest BCUT2D eigenvalue weighted by atomic mass is 16.2. The molecular formula is C23H24N6O. The zero-order valence-electron chi connectivity index (χ0n) is 17.3. The van der Waals surface area contributed by atoms with Crippen molar-refractivity contribution in [2.45, 2.75) is 38.5 Å². The molecule has 7 heteroatoms. The second-order valence-electron chi connectivity index (χ2n) is 8.17. The summed E-state index contributed by atoms with van der Waals surface area (Å²) in [7, 11) is 1.97. The van der Waals surface area contributed by atoms with E-state index in [1.807, 2.05) is 48.2 Å². The second kappa shape index (κ2) is 7.09. The number of benzene rings is 2. The van der Waals surface area contributed by atoms with Crippen LogP contribution < -0.4 is 5.32 Å². The molecule has 2 aliphatic heterocycles. The Bertz CT molecular complexity index is 1190. The third kappa shape index (κ3) is 3.07. The van der Waals surface area contributed by atoms with E-state index in [2.05, 4.69) is 41.3 Å². The van der Waals surface area contributed by atoms with Crippen molar-refractivity contribution < 1.29 is 4.79 Å². The van der Waals surface area contributed by atoms with Gasteiger partial charge < -0.3 is 9.88 Å². The molecular weight excluding hydrogens is 376 g/mol. The van der Waals surface area contributed by atoms with Gasteiger partial charge in [-0.25, -0.2) is 19.8 Å². The highest BCUT2D eigenvalue weighted by Gasteiger charge is 2.40. The number of amidine groups is 1. The fraction of sp³-hybridized carbons (Fsp3) is 0.304. The van der Waals surface area contributed by atoms with Gasteiger partial charge in [0.2, 0.25) is 0 Å². The number of nitrogens with zero attached hydrogens (tertiary/aromatic N) is 5. The number of aryl methyl sites for hydroxylation is 1. The van der Waals surface area contributed by atoms with E-state index in [0.717, 1.165) is 22.2 Å². The SMILES string of the molecule is CC(C)c1ccccc1C1=NC2C(C=N1)NC(=O)N2Cc1ccc2c(c1)ncn2C. The van der Waals surface area contributed by atoms with Crippen LogP contribution in [0, 0.1) is 0 Å². The number of amides is 2. The van der Waals surface area contributed by atoms with E-state index in [1.54, 1.807) is 11.2 Å². The van der Waals surface area contributed by atoms with Crippen LogP contribution in [0.15, 0.2) is 58.8 Å². The molecule has 2 atom stereocenters. The van der Waals surface area contributed by atoms with E-state index in [0.29, 0.717) is 18.3 Å². The van der Waals surface area contributed by atoms with Crippen molar-refractivity contribution in [2.75, 3.05) is 0 Å². The Kier molecular flexibility index (Phi) is 4.38. The van der Waals surface area contributed by atoms with Crippen molar-refractivity contribution in [3.05, 3.63) is 65.5 Å². The van der Waals surface area contributed by atoms with Crippen LogP contribution in [0.4, 0.5) is 4.79 Å². The highest BCUT2D eigenvalue weighted by Crippen LogP contribution is 2.26. The molecule has 2 unspecified atom stereocenters. The van der Waals surface area contributed by atoms with Crippen LogP contribution >= 0.6 is 0 Å². The minimum atomic E-state index is -0.315. The maximum Gasteiger partial charge on any atom is 0.320 e. The summed E-state index contributed by atoms with van der Waals surface area (Å²) < 4.78 is 1.98. The topological polar surface area (TPSA) is 74.9 Å². The fourth-order valence-electron chi connectivity index (χ4n) is 4.17. The van der Waals surface area contributed by atoms with Gasteiger partial charge in [0.25, 0.3) is 0 Å². The van der Waals surface area contributed by atoms with Crippen molar-refractivity contribution in [2.24, 2.45) is 17.0 Å². The third-order valence-electron chi connectivity index (χ3n) is 5.77. The zero-order valence-corrected chi connectivity index (χ0v) is 17.3. The number of nitrogens with one attached hydrogen (secondary N) is 1. The number of aliphatic imine (C=N–C) groups is 2. The van der Waals surface area contributed by atoms with Gasteiger partial charge in [0.1, 0.15) is 6.04 Å². The normalized spacial score (nSPS) is 20.6. The second-order valence-corrected chi connectivity index (χ2v) is 8.17. The van der Waals surface area contributed by atoms with Gasteiger partial charge in [-0.1, -0.05) is 44.2 Å². The Morgan fingerprint density at radius 1 is 1.17 bits per heavy atom. The molecule has 1 aromatic heterocycles. The average molecular weight is 400 g/mol. The quantitative estimate of drug-likeness (QED) is 0.728. The first-order chi connectivity index (χ1) is 14.5. The molecule has 2 aromatic carbocycles. The van der Waals surface area contributed by atoms with Gasteiger partial charge in [-0.05, 0) is 29.2 Å². The number of urea groups is 1. The lowest BCUT2D eigenvalue weighted by Gasteiger charge is -2.25. The van der Waals surface area contributed by atoms with Gasteiger partial charge in [0.05, 0.1) is 17.4 Å². The summed E-state index contributed by atoms with van der Waals surface area (Å²) in [6.07, 6.45) is 3.29. The van der Waals surface area contributed by atoms with Crippen molar-refractivity contribution >= 4 is 29.1 Å². The van der Waals surface area contributed by atoms with Crippen molar-refractivity contribution in [3.8, 4) is 0 Å². The summed E-state index contributed by atoms with van der Waals surface area (Å²) in [6.45, 7) is 4.79. The van der Waals surface area contributed by atoms with Gasteiger partial charge in [-0.3, -0.25) is 4.90 Å². The van der Waals surface area contributed by atoms with Crippen molar-refractivity contribution in [1.29, 1.82) is 0 Å². The van der Waals surface area contributed by atoms with Crippen molar-refractivity contribution in [3.63, 3.8) is 0 Å². The Labute approximate surface area is 175 Å². The minimum absolute atomic E-state index is 0.125. The number of fused-ring (bicyclic) bond motifs is 2. The van der Waals surface area contributed by atoms with Crippen LogP contribution in [0.2, 0.25) is 0 Å². The number of imidazole rings is 1. The van der Waals surface area contributed by atoms with Crippen LogP contribution in [0.25, 0.3) is 11.0 Å². The van der Waals surface area contributed by atoms with Gasteiger partial charge in [0.15, 0.2) is 12.0 Å². The van der Waals surface area contributed by atoms with E-state index < -0.39 is 0 Å². The standard InChI is InChI=1S/C23H24N6O/c1-14(2)16-6-4-5-7-17(16)21-24-11-19-22(27-21)29(23(30)26-19)12-15-8-9-20-18(10-15)25-13-28(20)3/h4-11,13-14,19,22H,12H2,1-3H3,(H,26,30). The Morgan fingerprint density at radius 3 is 2.83 bits per heavy atom. The Morgan fingerprint density at radius 2 is 2.00 bits per heavy atom. The monoisotopic (exact) mass is 400 g/mol. The molecule has 3 aromatic rings. The molecule has 0 spiro atoms. The van der Waals surface area contributed by atoms with E-state index in [4.69, 9.17) is 4.99 Å². The van der Waals surface area contributed by atoms with E-state index in [-0.39, 0.29) is 18.2 Å². The van der Waals surface area contributed by atoms with Gasteiger partial charge in [-0.2, -0.15) is 0 Å². The molecule has 2 aliphatic rings. The number of aromatic nitrogens is 2. The van der Waals surface area contributed by atoms with Crippen LogP contribution in [0.1, 0.15) is 36.5 Å². The molecule has 0 aliphatic carbocycles. The summed E-state index contributed by atoms with van der Waals surface area (Å²) in [4.78, 5) is 28.4. The largest absolute Gasteiger partial charge is 0.334 e. The molecule has 1 saturated heterocycles. The van der Waals surface area contributed by atoms with Crippen LogP contribution in [-0.4, -0.2) is 44.7 Å². The van der Waals surface area contributed by atoms with Crippen LogP contribution in [0.5, 0.6) is 0 Å². The van der Waals surface area contributed by atoms with Gasteiger partial charge in [-0.15, -0.1) is 0 Å². The average Bonchev–Trinajstić information content (AvgIpc) is 3.27. The lowest BCUT2D eigenvalue weighted by molar-refractivity contribution is 0.201. The maximum absolute atomic E-state index is 12.7. The maximum atomic E-state index is 12.7. The summed E-state index contributed by atoms with van der Waals surface area (Å²) in [5.41, 5.74) is 5.25. The van der Waals surface area contributed by atoms with E-state index in [9.17, 15) is 4.79 Å². The molecule has 0 radical (unpaired) electrons. The molecule has 0 saturated carbocycles. The highest BCUT2D eigenvalue weighted by molar-refractivity contribution is 6.07. The first-order valence-corrected chi connectivity index (χ1v) is 10.2. The number of hydrogen-bond acceptors (Lipinski definition) is 4. The summed E-state index contributed by atoms with van der Waals surface area (Å²) in [5.74, 6) is 1.04. The summed E-state index contributed by atoms with van der Waals surface area (Å²) in [6, 6.07) is 14.0. The Hall–Kier alpha value is -3.48. The number of carbonyl (C=O) groups is 1. The molecule has 1 fully saturated rings. The van der Waals surface area contributed by atoms with Gasteiger partial charge >= 0.3 is 6.03 Å². The Balaban J connectivity index is 1.47.